The molecule has 4 nitrogen and oxygen atoms in total. The topological polar surface area (TPSA) is 61.2 Å². The highest BCUT2D eigenvalue weighted by atomic mass is 32.2. The van der Waals surface area contributed by atoms with E-state index >= 15 is 0 Å². The summed E-state index contributed by atoms with van der Waals surface area (Å²) in [4.78, 5) is 2.36. The smallest absolute Gasteiger partial charge is 0.179 e. The van der Waals surface area contributed by atoms with Crippen LogP contribution in [0.1, 0.15) is 31.2 Å². The normalized spacial score (nSPS) is 16.2. The van der Waals surface area contributed by atoms with Crippen molar-refractivity contribution >= 4 is 9.84 Å². The van der Waals surface area contributed by atoms with Gasteiger partial charge in [-0.25, -0.2) is 8.42 Å². The maximum absolute atomic E-state index is 12.3. The minimum absolute atomic E-state index is 0.102. The van der Waals surface area contributed by atoms with E-state index in [0.29, 0.717) is 12.1 Å². The van der Waals surface area contributed by atoms with E-state index in [1.807, 2.05) is 13.1 Å². The average Bonchev–Trinajstić information content (AvgIpc) is 2.98. The Morgan fingerprint density at radius 1 is 1.33 bits per heavy atom. The Balaban J connectivity index is 1.92. The summed E-state index contributed by atoms with van der Waals surface area (Å²) >= 11 is 0. The molecule has 1 aromatic carbocycles. The lowest BCUT2D eigenvalue weighted by Gasteiger charge is -2.20. The average molecular weight is 306 g/mol. The summed E-state index contributed by atoms with van der Waals surface area (Å²) in [7, 11) is -1.33. The highest BCUT2D eigenvalue weighted by Crippen LogP contribution is 2.25. The minimum atomic E-state index is -3.31. The van der Waals surface area contributed by atoms with Crippen LogP contribution >= 0.6 is 0 Å². The number of hydrogen-bond acceptors (Lipinski definition) is 4. The molecule has 0 atom stereocenters. The summed E-state index contributed by atoms with van der Waals surface area (Å²) in [5.74, 6) is 0.824. The van der Waals surface area contributed by atoms with Crippen molar-refractivity contribution in [3.05, 3.63) is 29.8 Å². The Bertz CT molecular complexity index is 613. The Kier molecular flexibility index (Phi) is 5.38. The zero-order valence-corrected chi connectivity index (χ0v) is 13.3. The monoisotopic (exact) mass is 306 g/mol. The van der Waals surface area contributed by atoms with E-state index < -0.39 is 9.84 Å². The Morgan fingerprint density at radius 3 is 2.71 bits per heavy atom. The largest absolute Gasteiger partial charge is 0.305 e. The third-order valence-electron chi connectivity index (χ3n) is 4.11. The van der Waals surface area contributed by atoms with Crippen LogP contribution in [0.2, 0.25) is 0 Å². The van der Waals surface area contributed by atoms with Crippen molar-refractivity contribution in [2.75, 3.05) is 25.9 Å². The lowest BCUT2D eigenvalue weighted by atomic mass is 10.1. The van der Waals surface area contributed by atoms with E-state index in [9.17, 15) is 8.42 Å². The molecular formula is C16H22N2O2S. The van der Waals surface area contributed by atoms with Gasteiger partial charge in [-0.05, 0) is 44.0 Å². The lowest BCUT2D eigenvalue weighted by molar-refractivity contribution is 0.291. The summed E-state index contributed by atoms with van der Waals surface area (Å²) in [5, 5.41) is 8.85. The second kappa shape index (κ2) is 7.06. The molecule has 21 heavy (non-hydrogen) atoms. The second-order valence-electron chi connectivity index (χ2n) is 5.87. The highest BCUT2D eigenvalue weighted by molar-refractivity contribution is 7.91. The third kappa shape index (κ3) is 4.55. The SMILES string of the molecule is CN(CCS(=O)(=O)c1cccc(C#N)c1)CC1CCCC1. The van der Waals surface area contributed by atoms with Crippen LogP contribution in [0.5, 0.6) is 0 Å². The first-order chi connectivity index (χ1) is 10.0. The van der Waals surface area contributed by atoms with Crippen LogP contribution in [-0.2, 0) is 9.84 Å². The Hall–Kier alpha value is -1.38. The molecule has 0 heterocycles. The predicted molar refractivity (Wildman–Crippen MR) is 82.7 cm³/mol. The molecule has 1 fully saturated rings. The van der Waals surface area contributed by atoms with Crippen LogP contribution in [0, 0.1) is 17.2 Å². The maximum Gasteiger partial charge on any atom is 0.179 e. The van der Waals surface area contributed by atoms with Gasteiger partial charge in [0.25, 0.3) is 0 Å². The number of rotatable bonds is 6. The molecule has 1 aliphatic carbocycles. The Labute approximate surface area is 127 Å². The van der Waals surface area contributed by atoms with E-state index in [-0.39, 0.29) is 10.6 Å². The van der Waals surface area contributed by atoms with Crippen molar-refractivity contribution in [1.82, 2.24) is 4.90 Å². The number of sulfone groups is 1. The van der Waals surface area contributed by atoms with Crippen molar-refractivity contribution in [3.63, 3.8) is 0 Å². The summed E-state index contributed by atoms with van der Waals surface area (Å²) in [6.07, 6.45) is 5.14. The molecular weight excluding hydrogens is 284 g/mol. The second-order valence-corrected chi connectivity index (χ2v) is 7.98. The molecule has 0 spiro atoms. The highest BCUT2D eigenvalue weighted by Gasteiger charge is 2.19. The summed E-state index contributed by atoms with van der Waals surface area (Å²) in [5.41, 5.74) is 0.385. The molecule has 1 aromatic rings. The van der Waals surface area contributed by atoms with Gasteiger partial charge in [-0.15, -0.1) is 0 Å². The van der Waals surface area contributed by atoms with Gasteiger partial charge in [-0.3, -0.25) is 0 Å². The third-order valence-corrected chi connectivity index (χ3v) is 5.80. The first-order valence-corrected chi connectivity index (χ1v) is 9.08. The van der Waals surface area contributed by atoms with Gasteiger partial charge in [0.05, 0.1) is 22.3 Å². The summed E-state index contributed by atoms with van der Waals surface area (Å²) in [6, 6.07) is 8.23. The van der Waals surface area contributed by atoms with E-state index in [1.165, 1.54) is 31.7 Å². The number of nitrogens with zero attached hydrogens (tertiary/aromatic N) is 2. The fourth-order valence-electron chi connectivity index (χ4n) is 2.88. The fraction of sp³-hybridized carbons (Fsp3) is 0.562. The van der Waals surface area contributed by atoms with Crippen LogP contribution < -0.4 is 0 Å². The van der Waals surface area contributed by atoms with Crippen LogP contribution in [-0.4, -0.2) is 39.2 Å². The van der Waals surface area contributed by atoms with Gasteiger partial charge in [0.1, 0.15) is 0 Å². The molecule has 2 rings (SSSR count). The lowest BCUT2D eigenvalue weighted by Crippen LogP contribution is -2.29. The first kappa shape index (κ1) is 16.0. The van der Waals surface area contributed by atoms with Gasteiger partial charge in [-0.1, -0.05) is 18.9 Å². The quantitative estimate of drug-likeness (QED) is 0.810. The maximum atomic E-state index is 12.3. The van der Waals surface area contributed by atoms with Crippen molar-refractivity contribution in [1.29, 1.82) is 5.26 Å². The molecule has 0 saturated heterocycles. The van der Waals surface area contributed by atoms with Crippen molar-refractivity contribution in [2.24, 2.45) is 5.92 Å². The zero-order valence-electron chi connectivity index (χ0n) is 12.5. The van der Waals surface area contributed by atoms with Gasteiger partial charge < -0.3 is 4.90 Å². The molecule has 0 radical (unpaired) electrons. The molecule has 0 N–H and O–H groups in total. The van der Waals surface area contributed by atoms with Crippen LogP contribution in [0.25, 0.3) is 0 Å². The van der Waals surface area contributed by atoms with E-state index in [1.54, 1.807) is 18.2 Å². The number of nitriles is 1. The number of hydrogen-bond donors (Lipinski definition) is 0. The van der Waals surface area contributed by atoms with Gasteiger partial charge in [0.2, 0.25) is 0 Å². The molecule has 5 heteroatoms. The molecule has 0 aromatic heterocycles. The van der Waals surface area contributed by atoms with E-state index in [0.717, 1.165) is 12.5 Å². The van der Waals surface area contributed by atoms with Gasteiger partial charge in [-0.2, -0.15) is 5.26 Å². The molecule has 0 bridgehead atoms. The van der Waals surface area contributed by atoms with E-state index in [2.05, 4.69) is 4.90 Å². The number of benzene rings is 1. The molecule has 1 aliphatic rings. The van der Waals surface area contributed by atoms with Gasteiger partial charge in [0.15, 0.2) is 9.84 Å². The molecule has 0 aliphatic heterocycles. The van der Waals surface area contributed by atoms with Crippen molar-refractivity contribution < 1.29 is 8.42 Å². The Morgan fingerprint density at radius 2 is 2.05 bits per heavy atom. The summed E-state index contributed by atoms with van der Waals surface area (Å²) in [6.45, 7) is 1.52. The molecule has 0 amide bonds. The van der Waals surface area contributed by atoms with Gasteiger partial charge >= 0.3 is 0 Å². The molecule has 1 saturated carbocycles. The predicted octanol–water partition coefficient (Wildman–Crippen LogP) is 2.45. The fourth-order valence-corrected chi connectivity index (χ4v) is 4.26. The standard InChI is InChI=1S/C16H22N2O2S/c1-18(13-14-5-2-3-6-14)9-10-21(19,20)16-8-4-7-15(11-16)12-17/h4,7-8,11,14H,2-3,5-6,9-10,13H2,1H3. The van der Waals surface area contributed by atoms with Crippen LogP contribution in [0.3, 0.4) is 0 Å². The minimum Gasteiger partial charge on any atom is -0.305 e. The van der Waals surface area contributed by atoms with Crippen molar-refractivity contribution in [2.45, 2.75) is 30.6 Å². The van der Waals surface area contributed by atoms with E-state index in [4.69, 9.17) is 5.26 Å². The van der Waals surface area contributed by atoms with Gasteiger partial charge in [0, 0.05) is 13.1 Å². The van der Waals surface area contributed by atoms with Crippen LogP contribution in [0.15, 0.2) is 29.2 Å². The zero-order chi connectivity index (χ0) is 15.3. The molecule has 0 unspecified atom stereocenters. The van der Waals surface area contributed by atoms with Crippen molar-refractivity contribution in [3.8, 4) is 6.07 Å². The van der Waals surface area contributed by atoms with Crippen LogP contribution in [0.4, 0.5) is 0 Å². The summed E-state index contributed by atoms with van der Waals surface area (Å²) < 4.78 is 24.6. The molecule has 114 valence electrons. The first-order valence-electron chi connectivity index (χ1n) is 7.43.